The Morgan fingerprint density at radius 2 is 1.85 bits per heavy atom. The molecule has 0 saturated heterocycles. The zero-order chi connectivity index (χ0) is 14.6. The van der Waals surface area contributed by atoms with E-state index in [9.17, 15) is 5.11 Å². The van der Waals surface area contributed by atoms with Crippen molar-refractivity contribution in [3.8, 4) is 0 Å². The minimum Gasteiger partial charge on any atom is -0.374 e. The molecule has 1 N–H and O–H groups in total. The number of nitrogens with zero attached hydrogens (tertiary/aromatic N) is 2. The first kappa shape index (κ1) is 17.2. The average Bonchev–Trinajstić information content (AvgIpc) is 2.89. The summed E-state index contributed by atoms with van der Waals surface area (Å²) in [6.07, 6.45) is 15.6. The summed E-state index contributed by atoms with van der Waals surface area (Å²) >= 11 is 0. The molecule has 1 aliphatic heterocycles. The number of allylic oxidation sites excluding steroid dienone is 2. The fraction of sp³-hybridized carbons (Fsp3) is 0.824. The smallest absolute Gasteiger partial charge is 0.125 e. The van der Waals surface area contributed by atoms with Gasteiger partial charge in [0.05, 0.1) is 6.54 Å². The Morgan fingerprint density at radius 3 is 2.60 bits per heavy atom. The first-order valence-electron chi connectivity index (χ1n) is 8.38. The number of aliphatic imine (C=N–C) groups is 1. The van der Waals surface area contributed by atoms with Gasteiger partial charge in [0, 0.05) is 13.0 Å². The summed E-state index contributed by atoms with van der Waals surface area (Å²) < 4.78 is 0. The molecule has 0 saturated carbocycles. The van der Waals surface area contributed by atoms with Gasteiger partial charge in [0.15, 0.2) is 0 Å². The maximum Gasteiger partial charge on any atom is 0.125 e. The van der Waals surface area contributed by atoms with Gasteiger partial charge < -0.3 is 10.0 Å². The number of aliphatic hydroxyl groups is 1. The third kappa shape index (κ3) is 7.09. The summed E-state index contributed by atoms with van der Waals surface area (Å²) in [5.41, 5.74) is 0. The van der Waals surface area contributed by atoms with Gasteiger partial charge in [-0.05, 0) is 26.2 Å². The molecular weight excluding hydrogens is 248 g/mol. The third-order valence-electron chi connectivity index (χ3n) is 3.84. The van der Waals surface area contributed by atoms with Gasteiger partial charge in [0.25, 0.3) is 0 Å². The molecule has 1 rings (SSSR count). The van der Waals surface area contributed by atoms with Crippen LogP contribution < -0.4 is 0 Å². The number of amidine groups is 1. The fourth-order valence-corrected chi connectivity index (χ4v) is 2.62. The average molecular weight is 280 g/mol. The number of unbranched alkanes of at least 4 members (excludes halogenated alkanes) is 6. The molecule has 0 amide bonds. The first-order chi connectivity index (χ1) is 9.75. The van der Waals surface area contributed by atoms with Gasteiger partial charge in [-0.3, -0.25) is 4.99 Å². The lowest BCUT2D eigenvalue weighted by atomic mass is 10.1. The zero-order valence-electron chi connectivity index (χ0n) is 13.4. The number of hydrogen-bond donors (Lipinski definition) is 1. The topological polar surface area (TPSA) is 35.8 Å². The Morgan fingerprint density at radius 1 is 1.15 bits per heavy atom. The van der Waals surface area contributed by atoms with Crippen molar-refractivity contribution < 1.29 is 5.11 Å². The highest BCUT2D eigenvalue weighted by Crippen LogP contribution is 2.11. The zero-order valence-corrected chi connectivity index (χ0v) is 13.4. The quantitative estimate of drug-likeness (QED) is 0.456. The molecule has 1 atom stereocenters. The van der Waals surface area contributed by atoms with Crippen molar-refractivity contribution in [1.29, 1.82) is 0 Å². The Balaban J connectivity index is 1.99. The molecule has 0 spiro atoms. The van der Waals surface area contributed by atoms with Gasteiger partial charge in [-0.25, -0.2) is 0 Å². The lowest BCUT2D eigenvalue weighted by molar-refractivity contribution is 0.0767. The van der Waals surface area contributed by atoms with Crippen LogP contribution in [-0.4, -0.2) is 35.2 Å². The predicted molar refractivity (Wildman–Crippen MR) is 87.1 cm³/mol. The lowest BCUT2D eigenvalue weighted by Crippen LogP contribution is -2.35. The second-order valence-corrected chi connectivity index (χ2v) is 5.69. The van der Waals surface area contributed by atoms with Crippen molar-refractivity contribution in [1.82, 2.24) is 4.90 Å². The molecule has 3 heteroatoms. The molecule has 0 aliphatic carbocycles. The predicted octanol–water partition coefficient (Wildman–Crippen LogP) is 4.13. The van der Waals surface area contributed by atoms with Crippen molar-refractivity contribution in [2.45, 2.75) is 77.9 Å². The second-order valence-electron chi connectivity index (χ2n) is 5.69. The summed E-state index contributed by atoms with van der Waals surface area (Å²) in [4.78, 5) is 6.46. The number of rotatable bonds is 11. The van der Waals surface area contributed by atoms with E-state index in [2.05, 4.69) is 24.1 Å². The summed E-state index contributed by atoms with van der Waals surface area (Å²) in [7, 11) is 0. The normalized spacial score (nSPS) is 16.9. The summed E-state index contributed by atoms with van der Waals surface area (Å²) in [5.74, 6) is 1.07. The summed E-state index contributed by atoms with van der Waals surface area (Å²) in [6.45, 7) is 5.78. The molecular formula is C17H32N2O. The van der Waals surface area contributed by atoms with Crippen molar-refractivity contribution in [2.75, 3.05) is 13.1 Å². The Labute approximate surface area is 124 Å². The van der Waals surface area contributed by atoms with Crippen LogP contribution in [0.15, 0.2) is 17.1 Å². The van der Waals surface area contributed by atoms with Crippen LogP contribution in [-0.2, 0) is 0 Å². The van der Waals surface area contributed by atoms with Crippen LogP contribution in [0, 0.1) is 0 Å². The Hall–Kier alpha value is -0.830. The van der Waals surface area contributed by atoms with Crippen molar-refractivity contribution in [2.24, 2.45) is 4.99 Å². The van der Waals surface area contributed by atoms with Crippen LogP contribution >= 0.6 is 0 Å². The Bertz CT molecular complexity index is 297. The third-order valence-corrected chi connectivity index (χ3v) is 3.84. The highest BCUT2D eigenvalue weighted by molar-refractivity contribution is 5.84. The van der Waals surface area contributed by atoms with Gasteiger partial charge in [-0.2, -0.15) is 0 Å². The maximum atomic E-state index is 9.61. The first-order valence-corrected chi connectivity index (χ1v) is 8.38. The summed E-state index contributed by atoms with van der Waals surface area (Å²) in [6, 6.07) is 0. The van der Waals surface area contributed by atoms with E-state index in [4.69, 9.17) is 0 Å². The van der Waals surface area contributed by atoms with Crippen LogP contribution in [0.2, 0.25) is 0 Å². The second kappa shape index (κ2) is 10.9. The van der Waals surface area contributed by atoms with E-state index in [1.54, 1.807) is 0 Å². The Kier molecular flexibility index (Phi) is 9.38. The van der Waals surface area contributed by atoms with Crippen LogP contribution in [0.4, 0.5) is 0 Å². The molecule has 1 aliphatic rings. The molecule has 0 bridgehead atoms. The standard InChI is InChI=1S/C17H32N2O/c1-3-4-5-6-7-8-9-10-11-12-13-17-18-14-15-19(17)16(2)20/h10-11,16,20H,3-9,12-15H2,1-2H3/b11-10+. The highest BCUT2D eigenvalue weighted by Gasteiger charge is 2.19. The van der Waals surface area contributed by atoms with Gasteiger partial charge in [-0.15, -0.1) is 0 Å². The molecule has 0 fully saturated rings. The largest absolute Gasteiger partial charge is 0.374 e. The van der Waals surface area contributed by atoms with E-state index in [1.165, 1.54) is 44.9 Å². The van der Waals surface area contributed by atoms with Crippen molar-refractivity contribution in [3.05, 3.63) is 12.2 Å². The van der Waals surface area contributed by atoms with E-state index in [0.29, 0.717) is 0 Å². The SMILES string of the molecule is CCCCCCCC/C=C/CCC1=NCCN1C(C)O. The molecule has 0 aromatic heterocycles. The van der Waals surface area contributed by atoms with Crippen LogP contribution in [0.1, 0.15) is 71.6 Å². The molecule has 0 aromatic rings. The molecule has 1 heterocycles. The van der Waals surface area contributed by atoms with Gasteiger partial charge >= 0.3 is 0 Å². The fourth-order valence-electron chi connectivity index (χ4n) is 2.62. The van der Waals surface area contributed by atoms with Gasteiger partial charge in [0.1, 0.15) is 12.1 Å². The molecule has 0 aromatic carbocycles. The molecule has 3 nitrogen and oxygen atoms in total. The molecule has 1 unspecified atom stereocenters. The molecule has 0 radical (unpaired) electrons. The van der Waals surface area contributed by atoms with Gasteiger partial charge in [0.2, 0.25) is 0 Å². The number of aliphatic hydroxyl groups excluding tert-OH is 1. The number of hydrogen-bond acceptors (Lipinski definition) is 3. The van der Waals surface area contributed by atoms with Crippen LogP contribution in [0.5, 0.6) is 0 Å². The lowest BCUT2D eigenvalue weighted by Gasteiger charge is -2.23. The monoisotopic (exact) mass is 280 g/mol. The van der Waals surface area contributed by atoms with E-state index >= 15 is 0 Å². The van der Waals surface area contributed by atoms with Crippen LogP contribution in [0.3, 0.4) is 0 Å². The van der Waals surface area contributed by atoms with Crippen LogP contribution in [0.25, 0.3) is 0 Å². The summed E-state index contributed by atoms with van der Waals surface area (Å²) in [5, 5.41) is 9.61. The van der Waals surface area contributed by atoms with E-state index in [-0.39, 0.29) is 0 Å². The van der Waals surface area contributed by atoms with E-state index < -0.39 is 6.23 Å². The molecule has 116 valence electrons. The minimum atomic E-state index is -0.400. The molecule has 20 heavy (non-hydrogen) atoms. The van der Waals surface area contributed by atoms with E-state index in [1.807, 2.05) is 11.8 Å². The van der Waals surface area contributed by atoms with Crippen molar-refractivity contribution in [3.63, 3.8) is 0 Å². The van der Waals surface area contributed by atoms with Gasteiger partial charge in [-0.1, -0.05) is 51.2 Å². The highest BCUT2D eigenvalue weighted by atomic mass is 16.3. The maximum absolute atomic E-state index is 9.61. The minimum absolute atomic E-state index is 0.400. The van der Waals surface area contributed by atoms with Crippen molar-refractivity contribution >= 4 is 5.84 Å². The van der Waals surface area contributed by atoms with E-state index in [0.717, 1.165) is 31.8 Å².